The van der Waals surface area contributed by atoms with E-state index in [0.29, 0.717) is 17.3 Å². The summed E-state index contributed by atoms with van der Waals surface area (Å²) in [7, 11) is 0. The lowest BCUT2D eigenvalue weighted by atomic mass is 9.95. The summed E-state index contributed by atoms with van der Waals surface area (Å²) in [4.78, 5) is 14.7. The molecular weight excluding hydrogens is 322 g/mol. The Hall–Kier alpha value is -1.88. The van der Waals surface area contributed by atoms with Crippen LogP contribution in [-0.4, -0.2) is 36.0 Å². The van der Waals surface area contributed by atoms with Gasteiger partial charge in [0.1, 0.15) is 0 Å². The number of halogens is 1. The topological polar surface area (TPSA) is 58.4 Å². The van der Waals surface area contributed by atoms with Gasteiger partial charge in [-0.3, -0.25) is 9.69 Å². The summed E-state index contributed by atoms with van der Waals surface area (Å²) in [5.74, 6) is 0.214. The van der Waals surface area contributed by atoms with E-state index in [1.165, 1.54) is 5.56 Å². The van der Waals surface area contributed by atoms with Crippen molar-refractivity contribution in [3.63, 3.8) is 0 Å². The van der Waals surface area contributed by atoms with Crippen molar-refractivity contribution in [2.24, 2.45) is 5.73 Å². The lowest BCUT2D eigenvalue weighted by Gasteiger charge is -2.23. The molecule has 1 fully saturated rings. The van der Waals surface area contributed by atoms with Gasteiger partial charge in [0, 0.05) is 35.8 Å². The van der Waals surface area contributed by atoms with Crippen molar-refractivity contribution in [1.82, 2.24) is 4.90 Å². The minimum atomic E-state index is -0.247. The number of nitrogens with one attached hydrogen (secondary N) is 1. The molecule has 1 heterocycles. The molecule has 4 nitrogen and oxygen atoms in total. The fraction of sp³-hybridized carbons (Fsp3) is 0.316. The Morgan fingerprint density at radius 1 is 1.21 bits per heavy atom. The molecule has 0 radical (unpaired) electrons. The Labute approximate surface area is 147 Å². The molecule has 3 rings (SSSR count). The summed E-state index contributed by atoms with van der Waals surface area (Å²) in [5, 5.41) is 3.53. The van der Waals surface area contributed by atoms with Gasteiger partial charge in [-0.1, -0.05) is 48.0 Å². The van der Waals surface area contributed by atoms with E-state index in [1.54, 1.807) is 12.1 Å². The number of carbonyl (C=O) groups is 1. The molecule has 1 aliphatic rings. The van der Waals surface area contributed by atoms with Crippen molar-refractivity contribution >= 4 is 23.2 Å². The van der Waals surface area contributed by atoms with E-state index in [0.717, 1.165) is 6.54 Å². The zero-order valence-electron chi connectivity index (χ0n) is 13.7. The molecule has 0 bridgehead atoms. The SMILES string of the molecule is CC(C(=O)Nc1cccc(Cl)c1)N1C[C@@H](N)[C@H](c2ccccc2)C1. The molecule has 5 heteroatoms. The lowest BCUT2D eigenvalue weighted by Crippen LogP contribution is -2.41. The van der Waals surface area contributed by atoms with Crippen molar-refractivity contribution in [3.8, 4) is 0 Å². The van der Waals surface area contributed by atoms with Crippen molar-refractivity contribution in [1.29, 1.82) is 0 Å². The first kappa shape index (κ1) is 17.0. The number of rotatable bonds is 4. The van der Waals surface area contributed by atoms with E-state index >= 15 is 0 Å². The van der Waals surface area contributed by atoms with Gasteiger partial charge in [0.15, 0.2) is 0 Å². The van der Waals surface area contributed by atoms with Crippen LogP contribution in [0, 0.1) is 0 Å². The number of hydrogen-bond donors (Lipinski definition) is 2. The zero-order chi connectivity index (χ0) is 17.1. The molecule has 3 N–H and O–H groups in total. The maximum atomic E-state index is 12.5. The standard InChI is InChI=1S/C19H22ClN3O/c1-13(19(24)22-16-9-5-8-15(20)10-16)23-11-17(18(21)12-23)14-6-3-2-4-7-14/h2-10,13,17-18H,11-12,21H2,1H3,(H,22,24)/t13?,17-,18+/m0/s1. The number of nitrogens with zero attached hydrogens (tertiary/aromatic N) is 1. The Morgan fingerprint density at radius 2 is 1.96 bits per heavy atom. The molecule has 0 aliphatic carbocycles. The highest BCUT2D eigenvalue weighted by Gasteiger charge is 2.35. The fourth-order valence-electron chi connectivity index (χ4n) is 3.21. The number of anilines is 1. The van der Waals surface area contributed by atoms with Crippen LogP contribution < -0.4 is 11.1 Å². The van der Waals surface area contributed by atoms with Gasteiger partial charge in [-0.2, -0.15) is 0 Å². The van der Waals surface area contributed by atoms with Gasteiger partial charge >= 0.3 is 0 Å². The second-order valence-corrected chi connectivity index (χ2v) is 6.75. The quantitative estimate of drug-likeness (QED) is 0.896. The van der Waals surface area contributed by atoms with E-state index in [1.807, 2.05) is 37.3 Å². The third-order valence-corrected chi connectivity index (χ3v) is 4.88. The first-order valence-electron chi connectivity index (χ1n) is 8.15. The molecule has 0 saturated carbocycles. The average Bonchev–Trinajstić information content (AvgIpc) is 2.96. The van der Waals surface area contributed by atoms with Crippen LogP contribution in [0.3, 0.4) is 0 Å². The van der Waals surface area contributed by atoms with Gasteiger partial charge in [-0.05, 0) is 30.7 Å². The largest absolute Gasteiger partial charge is 0.326 e. The molecule has 126 valence electrons. The molecule has 3 atom stereocenters. The Kier molecular flexibility index (Phi) is 5.19. The summed E-state index contributed by atoms with van der Waals surface area (Å²) in [6, 6.07) is 17.2. The fourth-order valence-corrected chi connectivity index (χ4v) is 3.40. The minimum Gasteiger partial charge on any atom is -0.326 e. The van der Waals surface area contributed by atoms with Gasteiger partial charge in [-0.15, -0.1) is 0 Å². The van der Waals surface area contributed by atoms with E-state index in [-0.39, 0.29) is 23.9 Å². The molecule has 2 aromatic carbocycles. The van der Waals surface area contributed by atoms with Crippen LogP contribution in [0.1, 0.15) is 18.4 Å². The molecule has 1 aliphatic heterocycles. The van der Waals surface area contributed by atoms with Gasteiger partial charge in [0.05, 0.1) is 6.04 Å². The van der Waals surface area contributed by atoms with Crippen LogP contribution in [0.25, 0.3) is 0 Å². The average molecular weight is 344 g/mol. The normalized spacial score (nSPS) is 22.3. The molecule has 2 aromatic rings. The summed E-state index contributed by atoms with van der Waals surface area (Å²) < 4.78 is 0. The van der Waals surface area contributed by atoms with Gasteiger partial charge in [0.25, 0.3) is 0 Å². The molecule has 24 heavy (non-hydrogen) atoms. The van der Waals surface area contributed by atoms with E-state index < -0.39 is 0 Å². The Morgan fingerprint density at radius 3 is 2.67 bits per heavy atom. The highest BCUT2D eigenvalue weighted by molar-refractivity contribution is 6.30. The highest BCUT2D eigenvalue weighted by Crippen LogP contribution is 2.28. The third-order valence-electron chi connectivity index (χ3n) is 4.64. The summed E-state index contributed by atoms with van der Waals surface area (Å²) in [6.45, 7) is 3.42. The number of likely N-dealkylation sites (tertiary alicyclic amines) is 1. The van der Waals surface area contributed by atoms with Crippen molar-refractivity contribution < 1.29 is 4.79 Å². The number of amides is 1. The molecule has 1 unspecified atom stereocenters. The molecule has 0 spiro atoms. The molecule has 1 amide bonds. The van der Waals surface area contributed by atoms with Gasteiger partial charge in [0.2, 0.25) is 5.91 Å². The number of hydrogen-bond acceptors (Lipinski definition) is 3. The number of benzene rings is 2. The molecule has 1 saturated heterocycles. The number of nitrogens with two attached hydrogens (primary N) is 1. The second-order valence-electron chi connectivity index (χ2n) is 6.31. The van der Waals surface area contributed by atoms with Crippen LogP contribution >= 0.6 is 11.6 Å². The summed E-state index contributed by atoms with van der Waals surface area (Å²) in [6.07, 6.45) is 0. The maximum absolute atomic E-state index is 12.5. The van der Waals surface area contributed by atoms with Crippen LogP contribution in [0.15, 0.2) is 54.6 Å². The van der Waals surface area contributed by atoms with Crippen molar-refractivity contribution in [2.45, 2.75) is 24.9 Å². The Bertz CT molecular complexity index is 707. The van der Waals surface area contributed by atoms with Crippen molar-refractivity contribution in [2.75, 3.05) is 18.4 Å². The van der Waals surface area contributed by atoms with E-state index in [4.69, 9.17) is 17.3 Å². The smallest absolute Gasteiger partial charge is 0.241 e. The minimum absolute atomic E-state index is 0.0359. The monoisotopic (exact) mass is 343 g/mol. The maximum Gasteiger partial charge on any atom is 0.241 e. The van der Waals surface area contributed by atoms with Gasteiger partial charge in [-0.25, -0.2) is 0 Å². The first-order chi connectivity index (χ1) is 11.5. The van der Waals surface area contributed by atoms with Crippen LogP contribution in [0.5, 0.6) is 0 Å². The lowest BCUT2D eigenvalue weighted by molar-refractivity contribution is -0.120. The predicted molar refractivity (Wildman–Crippen MR) is 98.3 cm³/mol. The molecular formula is C19H22ClN3O. The number of carbonyl (C=O) groups excluding carboxylic acids is 1. The highest BCUT2D eigenvalue weighted by atomic mass is 35.5. The Balaban J connectivity index is 1.65. The predicted octanol–water partition coefficient (Wildman–Crippen LogP) is 3.09. The van der Waals surface area contributed by atoms with Gasteiger partial charge < -0.3 is 11.1 Å². The van der Waals surface area contributed by atoms with Crippen LogP contribution in [-0.2, 0) is 4.79 Å². The first-order valence-corrected chi connectivity index (χ1v) is 8.53. The molecule has 0 aromatic heterocycles. The summed E-state index contributed by atoms with van der Waals surface area (Å²) >= 11 is 5.96. The third kappa shape index (κ3) is 3.78. The zero-order valence-corrected chi connectivity index (χ0v) is 14.4. The summed E-state index contributed by atoms with van der Waals surface area (Å²) in [5.41, 5.74) is 8.26. The van der Waals surface area contributed by atoms with Crippen molar-refractivity contribution in [3.05, 3.63) is 65.2 Å². The van der Waals surface area contributed by atoms with E-state index in [9.17, 15) is 4.79 Å². The van der Waals surface area contributed by atoms with Crippen LogP contribution in [0.4, 0.5) is 5.69 Å². The second kappa shape index (κ2) is 7.34. The van der Waals surface area contributed by atoms with E-state index in [2.05, 4.69) is 22.3 Å². The van der Waals surface area contributed by atoms with Crippen LogP contribution in [0.2, 0.25) is 5.02 Å².